The Balaban J connectivity index is 1.96. The van der Waals surface area contributed by atoms with Crippen LogP contribution in [0, 0.1) is 11.7 Å². The van der Waals surface area contributed by atoms with E-state index in [1.165, 1.54) is 16.7 Å². The molecule has 0 aliphatic heterocycles. The Bertz CT molecular complexity index is 1360. The average molecular weight is 487 g/mol. The highest BCUT2D eigenvalue weighted by atomic mass is 35.5. The van der Waals surface area contributed by atoms with Gasteiger partial charge in [-0.2, -0.15) is 0 Å². The number of primary amides is 1. The first-order valence-corrected chi connectivity index (χ1v) is 11.1. The van der Waals surface area contributed by atoms with Crippen molar-refractivity contribution in [3.8, 4) is 5.69 Å². The summed E-state index contributed by atoms with van der Waals surface area (Å²) < 4.78 is 20.8. The lowest BCUT2D eigenvalue weighted by molar-refractivity contribution is 0.0493. The first kappa shape index (κ1) is 23.7. The van der Waals surface area contributed by atoms with Crippen molar-refractivity contribution in [2.24, 2.45) is 11.7 Å². The molecule has 8 nitrogen and oxygen atoms in total. The molecule has 4 rings (SSSR count). The second-order valence-corrected chi connectivity index (χ2v) is 9.68. The number of amides is 2. The Hall–Kier alpha value is -3.46. The molecular weight excluding hydrogens is 463 g/mol. The number of carbonyl (C=O) groups excluding carboxylic acids is 2. The fraction of sp³-hybridized carbons (Fsp3) is 0.333. The maximum atomic E-state index is 14.1. The number of fused-ring (bicyclic) bond motifs is 1. The largest absolute Gasteiger partial charge is 0.444 e. The Morgan fingerprint density at radius 3 is 2.59 bits per heavy atom. The summed E-state index contributed by atoms with van der Waals surface area (Å²) in [7, 11) is 0. The zero-order chi connectivity index (χ0) is 24.8. The van der Waals surface area contributed by atoms with Crippen molar-refractivity contribution >= 4 is 34.5 Å². The summed E-state index contributed by atoms with van der Waals surface area (Å²) in [5.41, 5.74) is 4.68. The summed E-state index contributed by atoms with van der Waals surface area (Å²) in [5.74, 6) is -1.17. The van der Waals surface area contributed by atoms with E-state index in [4.69, 9.17) is 22.1 Å². The summed E-state index contributed by atoms with van der Waals surface area (Å²) in [4.78, 5) is 42.7. The molecular formula is C24H24ClFN4O4. The van der Waals surface area contributed by atoms with E-state index in [1.807, 2.05) is 0 Å². The van der Waals surface area contributed by atoms with Crippen molar-refractivity contribution in [2.45, 2.75) is 45.3 Å². The van der Waals surface area contributed by atoms with Crippen molar-refractivity contribution in [2.75, 3.05) is 0 Å². The van der Waals surface area contributed by atoms with Crippen LogP contribution >= 0.6 is 11.6 Å². The third-order valence-corrected chi connectivity index (χ3v) is 5.64. The van der Waals surface area contributed by atoms with E-state index in [0.717, 1.165) is 25.0 Å². The zero-order valence-corrected chi connectivity index (χ0v) is 19.6. The standard InChI is InChI=1S/C24H24ClFN4O4/c1-24(2,3)34-23(33)29-18(12-7-8-12)21-28-19-16(10-14(26)11-17(19)25)22(32)30(21)15-6-4-5-13(9-15)20(27)31/h4-6,9-12,18H,7-8H2,1-3H3,(H2,27,31)(H,29,33). The predicted molar refractivity (Wildman–Crippen MR) is 126 cm³/mol. The second-order valence-electron chi connectivity index (χ2n) is 9.27. The number of nitrogens with zero attached hydrogens (tertiary/aromatic N) is 2. The summed E-state index contributed by atoms with van der Waals surface area (Å²) in [6, 6.07) is 7.57. The molecule has 34 heavy (non-hydrogen) atoms. The molecule has 2 aromatic carbocycles. The quantitative estimate of drug-likeness (QED) is 0.559. The molecule has 0 saturated heterocycles. The third-order valence-electron chi connectivity index (χ3n) is 5.35. The molecule has 1 aliphatic rings. The topological polar surface area (TPSA) is 116 Å². The highest BCUT2D eigenvalue weighted by Crippen LogP contribution is 2.41. The minimum absolute atomic E-state index is 0.00154. The van der Waals surface area contributed by atoms with Crippen LogP contribution in [0.25, 0.3) is 16.6 Å². The molecule has 10 heteroatoms. The molecule has 3 aromatic rings. The highest BCUT2D eigenvalue weighted by Gasteiger charge is 2.38. The van der Waals surface area contributed by atoms with Gasteiger partial charge in [0.05, 0.1) is 27.7 Å². The fourth-order valence-electron chi connectivity index (χ4n) is 3.75. The maximum Gasteiger partial charge on any atom is 0.408 e. The van der Waals surface area contributed by atoms with Crippen LogP contribution in [0.4, 0.5) is 9.18 Å². The predicted octanol–water partition coefficient (Wildman–Crippen LogP) is 4.25. The van der Waals surface area contributed by atoms with Crippen LogP contribution in [0.5, 0.6) is 0 Å². The number of hydrogen-bond donors (Lipinski definition) is 2. The van der Waals surface area contributed by atoms with Gasteiger partial charge in [0.1, 0.15) is 17.2 Å². The Morgan fingerprint density at radius 1 is 1.26 bits per heavy atom. The van der Waals surface area contributed by atoms with Crippen LogP contribution in [0.1, 0.15) is 55.8 Å². The van der Waals surface area contributed by atoms with Crippen molar-refractivity contribution in [3.63, 3.8) is 0 Å². The summed E-state index contributed by atoms with van der Waals surface area (Å²) in [5, 5.41) is 2.76. The van der Waals surface area contributed by atoms with Gasteiger partial charge in [-0.25, -0.2) is 14.2 Å². The smallest absolute Gasteiger partial charge is 0.408 e. The van der Waals surface area contributed by atoms with Crippen LogP contribution in [-0.4, -0.2) is 27.2 Å². The number of carbonyl (C=O) groups is 2. The molecule has 0 radical (unpaired) electrons. The third kappa shape index (κ3) is 4.89. The van der Waals surface area contributed by atoms with E-state index in [1.54, 1.807) is 32.9 Å². The first-order chi connectivity index (χ1) is 15.9. The molecule has 3 N–H and O–H groups in total. The molecule has 1 aromatic heterocycles. The van der Waals surface area contributed by atoms with Crippen LogP contribution in [0.2, 0.25) is 5.02 Å². The van der Waals surface area contributed by atoms with Gasteiger partial charge in [-0.3, -0.25) is 14.2 Å². The number of ether oxygens (including phenoxy) is 1. The molecule has 1 atom stereocenters. The summed E-state index contributed by atoms with van der Waals surface area (Å²) in [6.45, 7) is 5.23. The number of hydrogen-bond acceptors (Lipinski definition) is 5. The first-order valence-electron chi connectivity index (χ1n) is 10.8. The number of halogens is 2. The minimum Gasteiger partial charge on any atom is -0.444 e. The molecule has 0 spiro atoms. The molecule has 2 amide bonds. The van der Waals surface area contributed by atoms with Crippen LogP contribution in [0.3, 0.4) is 0 Å². The van der Waals surface area contributed by atoms with Crippen LogP contribution < -0.4 is 16.6 Å². The number of alkyl carbamates (subject to hydrolysis) is 1. The van der Waals surface area contributed by atoms with E-state index >= 15 is 0 Å². The van der Waals surface area contributed by atoms with E-state index in [-0.39, 0.29) is 33.2 Å². The van der Waals surface area contributed by atoms with Gasteiger partial charge in [0.2, 0.25) is 5.91 Å². The fourth-order valence-corrected chi connectivity index (χ4v) is 3.99. The van der Waals surface area contributed by atoms with Crippen molar-refractivity contribution in [1.82, 2.24) is 14.9 Å². The van der Waals surface area contributed by atoms with Gasteiger partial charge in [0, 0.05) is 5.56 Å². The van der Waals surface area contributed by atoms with E-state index in [2.05, 4.69) is 10.3 Å². The molecule has 1 unspecified atom stereocenters. The second kappa shape index (κ2) is 8.72. The lowest BCUT2D eigenvalue weighted by atomic mass is 10.1. The van der Waals surface area contributed by atoms with E-state index in [0.29, 0.717) is 5.69 Å². The number of rotatable bonds is 5. The molecule has 0 bridgehead atoms. The molecule has 1 saturated carbocycles. The average Bonchev–Trinajstić information content (AvgIpc) is 3.56. The van der Waals surface area contributed by atoms with Gasteiger partial charge < -0.3 is 15.8 Å². The Morgan fingerprint density at radius 2 is 1.97 bits per heavy atom. The maximum absolute atomic E-state index is 14.1. The lowest BCUT2D eigenvalue weighted by Gasteiger charge is -2.25. The molecule has 1 aliphatic carbocycles. The molecule has 1 fully saturated rings. The van der Waals surface area contributed by atoms with Crippen LogP contribution in [-0.2, 0) is 4.74 Å². The van der Waals surface area contributed by atoms with E-state index < -0.39 is 35.0 Å². The van der Waals surface area contributed by atoms with Gasteiger partial charge in [-0.1, -0.05) is 17.7 Å². The van der Waals surface area contributed by atoms with E-state index in [9.17, 15) is 18.8 Å². The highest BCUT2D eigenvalue weighted by molar-refractivity contribution is 6.35. The number of nitrogens with two attached hydrogens (primary N) is 1. The summed E-state index contributed by atoms with van der Waals surface area (Å²) >= 11 is 6.24. The SMILES string of the molecule is CC(C)(C)OC(=O)NC(c1nc2c(Cl)cc(F)cc2c(=O)n1-c1cccc(C(N)=O)c1)C1CC1. The van der Waals surface area contributed by atoms with Gasteiger partial charge >= 0.3 is 6.09 Å². The van der Waals surface area contributed by atoms with Gasteiger partial charge in [-0.05, 0) is 69.9 Å². The summed E-state index contributed by atoms with van der Waals surface area (Å²) in [6.07, 6.45) is 0.932. The normalized spacial score (nSPS) is 14.6. The van der Waals surface area contributed by atoms with Gasteiger partial charge in [0.25, 0.3) is 5.56 Å². The van der Waals surface area contributed by atoms with Crippen molar-refractivity contribution in [3.05, 3.63) is 69.0 Å². The van der Waals surface area contributed by atoms with Crippen LogP contribution in [0.15, 0.2) is 41.2 Å². The Kier molecular flexibility index (Phi) is 6.07. The number of aromatic nitrogens is 2. The minimum atomic E-state index is -0.731. The van der Waals surface area contributed by atoms with Gasteiger partial charge in [-0.15, -0.1) is 0 Å². The Labute approximate surface area is 199 Å². The number of benzene rings is 2. The number of nitrogens with one attached hydrogen (secondary N) is 1. The molecule has 178 valence electrons. The van der Waals surface area contributed by atoms with Crippen molar-refractivity contribution < 1.29 is 18.7 Å². The molecule has 1 heterocycles. The zero-order valence-electron chi connectivity index (χ0n) is 18.9. The van der Waals surface area contributed by atoms with Crippen molar-refractivity contribution in [1.29, 1.82) is 0 Å². The van der Waals surface area contributed by atoms with Gasteiger partial charge in [0.15, 0.2) is 0 Å². The monoisotopic (exact) mass is 486 g/mol. The lowest BCUT2D eigenvalue weighted by Crippen LogP contribution is -2.39.